The largest absolute Gasteiger partial charge is 0.452 e. The van der Waals surface area contributed by atoms with Gasteiger partial charge in [-0.05, 0) is 48.3 Å². The number of nitrogens with zero attached hydrogens (tertiary/aromatic N) is 1. The summed E-state index contributed by atoms with van der Waals surface area (Å²) >= 11 is 5.83. The Hall–Kier alpha value is -1.75. The van der Waals surface area contributed by atoms with E-state index in [0.29, 0.717) is 5.02 Å². The van der Waals surface area contributed by atoms with Crippen LogP contribution in [0.2, 0.25) is 5.02 Å². The van der Waals surface area contributed by atoms with Crippen molar-refractivity contribution in [1.82, 2.24) is 4.90 Å². The van der Waals surface area contributed by atoms with Crippen molar-refractivity contribution in [2.75, 3.05) is 18.9 Å². The van der Waals surface area contributed by atoms with Crippen LogP contribution < -0.4 is 5.73 Å². The normalized spacial score (nSPS) is 27.2. The number of rotatable bonds is 3. The number of hydrogen-bond acceptors (Lipinski definition) is 4. The van der Waals surface area contributed by atoms with Crippen LogP contribution in [0, 0.1) is 10.8 Å². The monoisotopic (exact) mass is 364 g/mol. The van der Waals surface area contributed by atoms with E-state index < -0.39 is 5.97 Å². The fourth-order valence-corrected chi connectivity index (χ4v) is 4.94. The van der Waals surface area contributed by atoms with Gasteiger partial charge in [0.2, 0.25) is 0 Å². The molecule has 2 bridgehead atoms. The summed E-state index contributed by atoms with van der Waals surface area (Å²) in [4.78, 5) is 26.7. The quantitative estimate of drug-likeness (QED) is 0.658. The van der Waals surface area contributed by atoms with Gasteiger partial charge in [-0.2, -0.15) is 0 Å². The molecule has 0 unspecified atom stereocenters. The molecule has 1 heterocycles. The molecule has 1 aromatic rings. The number of esters is 1. The number of amides is 1. The number of carbonyl (C=O) groups is 2. The van der Waals surface area contributed by atoms with Crippen LogP contribution in [0.15, 0.2) is 18.2 Å². The molecular formula is C19H25ClN2O3. The van der Waals surface area contributed by atoms with Gasteiger partial charge in [0.15, 0.2) is 6.61 Å². The van der Waals surface area contributed by atoms with Crippen molar-refractivity contribution < 1.29 is 14.3 Å². The second-order valence-electron chi connectivity index (χ2n) is 8.54. The summed E-state index contributed by atoms with van der Waals surface area (Å²) in [6.45, 7) is 7.24. The molecule has 2 N–H and O–H groups in total. The minimum Gasteiger partial charge on any atom is -0.452 e. The van der Waals surface area contributed by atoms with Gasteiger partial charge in [0.05, 0.1) is 5.56 Å². The number of fused-ring (bicyclic) bond motifs is 2. The molecule has 2 atom stereocenters. The predicted octanol–water partition coefficient (Wildman–Crippen LogP) is 3.51. The number of hydrogen-bond donors (Lipinski definition) is 1. The third-order valence-corrected chi connectivity index (χ3v) is 5.53. The van der Waals surface area contributed by atoms with Gasteiger partial charge in [-0.25, -0.2) is 4.79 Å². The number of ether oxygens (including phenoxy) is 1. The summed E-state index contributed by atoms with van der Waals surface area (Å²) in [5.74, 6) is -0.733. The second-order valence-corrected chi connectivity index (χ2v) is 8.98. The molecule has 1 saturated carbocycles. The Morgan fingerprint density at radius 1 is 1.32 bits per heavy atom. The molecule has 25 heavy (non-hydrogen) atoms. The van der Waals surface area contributed by atoms with E-state index in [-0.39, 0.29) is 40.6 Å². The Balaban J connectivity index is 1.62. The van der Waals surface area contributed by atoms with Crippen molar-refractivity contribution in [3.63, 3.8) is 0 Å². The molecule has 6 heteroatoms. The van der Waals surface area contributed by atoms with Gasteiger partial charge in [0, 0.05) is 23.3 Å². The highest BCUT2D eigenvalue weighted by Gasteiger charge is 2.50. The lowest BCUT2D eigenvalue weighted by molar-refractivity contribution is -0.135. The summed E-state index contributed by atoms with van der Waals surface area (Å²) in [5.41, 5.74) is 6.66. The summed E-state index contributed by atoms with van der Waals surface area (Å²) in [5, 5.41) is 0.449. The van der Waals surface area contributed by atoms with Crippen LogP contribution in [0.4, 0.5) is 5.69 Å². The van der Waals surface area contributed by atoms with Crippen LogP contribution in [0.5, 0.6) is 0 Å². The zero-order valence-corrected chi connectivity index (χ0v) is 15.7. The molecule has 1 amide bonds. The lowest BCUT2D eigenvalue weighted by Gasteiger charge is -2.39. The van der Waals surface area contributed by atoms with E-state index in [9.17, 15) is 9.59 Å². The SMILES string of the molecule is CC1(C)C[C@H]2C[C@](C)(CN2C(=O)COC(=O)c2ccc(Cl)cc2N)C1. The molecule has 136 valence electrons. The number of nitrogens with two attached hydrogens (primary N) is 1. The van der Waals surface area contributed by atoms with E-state index in [1.807, 2.05) is 4.90 Å². The molecule has 3 rings (SSSR count). The van der Waals surface area contributed by atoms with E-state index in [1.165, 1.54) is 12.1 Å². The topological polar surface area (TPSA) is 72.6 Å². The molecule has 2 fully saturated rings. The fraction of sp³-hybridized carbons (Fsp3) is 0.579. The van der Waals surface area contributed by atoms with Gasteiger partial charge in [-0.3, -0.25) is 4.79 Å². The Bertz CT molecular complexity index is 719. The van der Waals surface area contributed by atoms with Crippen molar-refractivity contribution in [2.24, 2.45) is 10.8 Å². The molecule has 1 aromatic carbocycles. The summed E-state index contributed by atoms with van der Waals surface area (Å²) < 4.78 is 5.20. The second kappa shape index (κ2) is 6.20. The highest BCUT2D eigenvalue weighted by molar-refractivity contribution is 6.31. The number of benzene rings is 1. The fourth-order valence-electron chi connectivity index (χ4n) is 4.76. The first kappa shape index (κ1) is 18.1. The average Bonchev–Trinajstić information content (AvgIpc) is 2.73. The Kier molecular flexibility index (Phi) is 4.48. The highest BCUT2D eigenvalue weighted by Crippen LogP contribution is 2.52. The molecule has 0 radical (unpaired) electrons. The third kappa shape index (κ3) is 3.76. The van der Waals surface area contributed by atoms with Crippen molar-refractivity contribution in [3.8, 4) is 0 Å². The number of likely N-dealkylation sites (tertiary alicyclic amines) is 1. The predicted molar refractivity (Wildman–Crippen MR) is 97.4 cm³/mol. The number of halogens is 1. The van der Waals surface area contributed by atoms with Crippen LogP contribution in [0.25, 0.3) is 0 Å². The molecule has 5 nitrogen and oxygen atoms in total. The average molecular weight is 365 g/mol. The van der Waals surface area contributed by atoms with Gasteiger partial charge in [0.1, 0.15) is 0 Å². The lowest BCUT2D eigenvalue weighted by atomic mass is 9.65. The van der Waals surface area contributed by atoms with Gasteiger partial charge >= 0.3 is 5.97 Å². The maximum Gasteiger partial charge on any atom is 0.340 e. The zero-order valence-electron chi connectivity index (χ0n) is 15.0. The minimum atomic E-state index is -0.601. The minimum absolute atomic E-state index is 0.132. The molecule has 0 aromatic heterocycles. The Morgan fingerprint density at radius 2 is 2.04 bits per heavy atom. The van der Waals surface area contributed by atoms with Crippen LogP contribution in [0.1, 0.15) is 50.4 Å². The smallest absolute Gasteiger partial charge is 0.340 e. The number of carbonyl (C=O) groups excluding carboxylic acids is 2. The summed E-state index contributed by atoms with van der Waals surface area (Å²) in [6.07, 6.45) is 3.13. The maximum absolute atomic E-state index is 12.6. The molecular weight excluding hydrogens is 340 g/mol. The lowest BCUT2D eigenvalue weighted by Crippen LogP contribution is -2.39. The number of nitrogen functional groups attached to an aromatic ring is 1. The highest BCUT2D eigenvalue weighted by atomic mass is 35.5. The zero-order chi connectivity index (χ0) is 18.4. The summed E-state index contributed by atoms with van der Waals surface area (Å²) in [7, 11) is 0. The van der Waals surface area contributed by atoms with E-state index in [2.05, 4.69) is 20.8 Å². The molecule has 1 aliphatic heterocycles. The maximum atomic E-state index is 12.6. The Morgan fingerprint density at radius 3 is 2.72 bits per heavy atom. The van der Waals surface area contributed by atoms with Crippen molar-refractivity contribution in [1.29, 1.82) is 0 Å². The first-order chi connectivity index (χ1) is 11.6. The van der Waals surface area contributed by atoms with Gasteiger partial charge in [-0.15, -0.1) is 0 Å². The standard InChI is InChI=1S/C19H25ClN2O3/c1-18(2)7-13-8-19(3,10-18)11-22(13)16(23)9-25-17(24)14-5-4-12(20)6-15(14)21/h4-6,13H,7-11,21H2,1-3H3/t13-,19-/m0/s1. The summed E-state index contributed by atoms with van der Waals surface area (Å²) in [6, 6.07) is 4.81. The first-order valence-corrected chi connectivity index (χ1v) is 8.98. The third-order valence-electron chi connectivity index (χ3n) is 5.30. The molecule has 2 aliphatic rings. The van der Waals surface area contributed by atoms with Crippen LogP contribution in [-0.4, -0.2) is 36.0 Å². The van der Waals surface area contributed by atoms with Gasteiger partial charge < -0.3 is 15.4 Å². The van der Waals surface area contributed by atoms with E-state index in [4.69, 9.17) is 22.1 Å². The molecule has 1 saturated heterocycles. The van der Waals surface area contributed by atoms with Gasteiger partial charge in [-0.1, -0.05) is 32.4 Å². The first-order valence-electron chi connectivity index (χ1n) is 8.60. The molecule has 1 aliphatic carbocycles. The van der Waals surface area contributed by atoms with Crippen LogP contribution in [-0.2, 0) is 9.53 Å². The van der Waals surface area contributed by atoms with E-state index in [0.717, 1.165) is 25.8 Å². The van der Waals surface area contributed by atoms with Gasteiger partial charge in [0.25, 0.3) is 5.91 Å². The Labute approximate surface area is 153 Å². The van der Waals surface area contributed by atoms with E-state index in [1.54, 1.807) is 6.07 Å². The molecule has 0 spiro atoms. The number of anilines is 1. The van der Waals surface area contributed by atoms with Crippen molar-refractivity contribution in [3.05, 3.63) is 28.8 Å². The van der Waals surface area contributed by atoms with Crippen LogP contribution in [0.3, 0.4) is 0 Å². The van der Waals surface area contributed by atoms with Crippen molar-refractivity contribution in [2.45, 2.75) is 46.1 Å². The van der Waals surface area contributed by atoms with Crippen molar-refractivity contribution >= 4 is 29.2 Å². The van der Waals surface area contributed by atoms with E-state index >= 15 is 0 Å². The van der Waals surface area contributed by atoms with Crippen LogP contribution >= 0.6 is 11.6 Å².